The number of amides is 1. The van der Waals surface area contributed by atoms with Crippen LogP contribution in [0.4, 0.5) is 0 Å². The first-order valence-corrected chi connectivity index (χ1v) is 8.07. The van der Waals surface area contributed by atoms with Crippen molar-refractivity contribution in [2.75, 3.05) is 13.2 Å². The summed E-state index contributed by atoms with van der Waals surface area (Å²) in [5.74, 6) is 1.15. The van der Waals surface area contributed by atoms with E-state index in [-0.39, 0.29) is 17.9 Å². The highest BCUT2D eigenvalue weighted by molar-refractivity contribution is 6.30. The fourth-order valence-corrected chi connectivity index (χ4v) is 2.99. The highest BCUT2D eigenvalue weighted by Crippen LogP contribution is 2.26. The summed E-state index contributed by atoms with van der Waals surface area (Å²) in [6.07, 6.45) is 0.0182. The van der Waals surface area contributed by atoms with Crippen molar-refractivity contribution in [1.82, 2.24) is 14.9 Å². The zero-order chi connectivity index (χ0) is 17.3. The molecular weight excluding hydrogens is 330 g/mol. The SMILES string of the molecule is Cc1nc(C)c(CC(=O)N2CCOc3ccc(Cl)cc3C2)c(=O)[nH]1. The number of H-pyrrole nitrogens is 1. The second-order valence-corrected chi connectivity index (χ2v) is 6.24. The van der Waals surface area contributed by atoms with Gasteiger partial charge in [0.2, 0.25) is 5.91 Å². The number of hydrogen-bond donors (Lipinski definition) is 1. The Bertz CT molecular complexity index is 847. The molecule has 1 aliphatic heterocycles. The van der Waals surface area contributed by atoms with Crippen LogP contribution in [0, 0.1) is 13.8 Å². The monoisotopic (exact) mass is 347 g/mol. The van der Waals surface area contributed by atoms with Crippen LogP contribution in [-0.4, -0.2) is 33.9 Å². The Morgan fingerprint density at radius 3 is 2.96 bits per heavy atom. The Morgan fingerprint density at radius 1 is 1.42 bits per heavy atom. The molecule has 2 heterocycles. The molecule has 126 valence electrons. The van der Waals surface area contributed by atoms with Gasteiger partial charge in [-0.15, -0.1) is 0 Å². The smallest absolute Gasteiger partial charge is 0.254 e. The number of fused-ring (bicyclic) bond motifs is 1. The van der Waals surface area contributed by atoms with Gasteiger partial charge in [0.15, 0.2) is 0 Å². The molecule has 0 bridgehead atoms. The standard InChI is InChI=1S/C17H18ClN3O3/c1-10-14(17(23)20-11(2)19-10)8-16(22)21-5-6-24-15-4-3-13(18)7-12(15)9-21/h3-4,7H,5-6,8-9H2,1-2H3,(H,19,20,23). The topological polar surface area (TPSA) is 75.3 Å². The molecule has 0 unspecified atom stereocenters. The number of carbonyl (C=O) groups excluding carboxylic acids is 1. The van der Waals surface area contributed by atoms with E-state index in [1.54, 1.807) is 30.9 Å². The molecule has 3 rings (SSSR count). The molecule has 0 saturated carbocycles. The number of carbonyl (C=O) groups is 1. The number of halogens is 1. The summed E-state index contributed by atoms with van der Waals surface area (Å²) < 4.78 is 5.66. The van der Waals surface area contributed by atoms with Gasteiger partial charge in [-0.25, -0.2) is 4.98 Å². The first-order valence-electron chi connectivity index (χ1n) is 7.69. The molecule has 1 aromatic carbocycles. The Balaban J connectivity index is 1.82. The lowest BCUT2D eigenvalue weighted by molar-refractivity contribution is -0.131. The van der Waals surface area contributed by atoms with Gasteiger partial charge in [-0.3, -0.25) is 9.59 Å². The minimum Gasteiger partial charge on any atom is -0.491 e. The molecule has 24 heavy (non-hydrogen) atoms. The molecule has 1 aromatic heterocycles. The third kappa shape index (κ3) is 3.43. The highest BCUT2D eigenvalue weighted by Gasteiger charge is 2.22. The number of aromatic nitrogens is 2. The van der Waals surface area contributed by atoms with E-state index in [1.807, 2.05) is 6.07 Å². The lowest BCUT2D eigenvalue weighted by Gasteiger charge is -2.20. The maximum atomic E-state index is 12.7. The van der Waals surface area contributed by atoms with Gasteiger partial charge in [0.1, 0.15) is 18.2 Å². The quantitative estimate of drug-likeness (QED) is 0.901. The van der Waals surface area contributed by atoms with Crippen LogP contribution >= 0.6 is 11.6 Å². The molecule has 0 atom stereocenters. The lowest BCUT2D eigenvalue weighted by atomic mass is 10.1. The van der Waals surface area contributed by atoms with Crippen molar-refractivity contribution in [2.45, 2.75) is 26.8 Å². The van der Waals surface area contributed by atoms with E-state index >= 15 is 0 Å². The Labute approximate surface area is 144 Å². The number of benzene rings is 1. The number of rotatable bonds is 2. The largest absolute Gasteiger partial charge is 0.491 e. The average molecular weight is 348 g/mol. The van der Waals surface area contributed by atoms with Gasteiger partial charge in [-0.05, 0) is 32.0 Å². The van der Waals surface area contributed by atoms with Crippen molar-refractivity contribution in [3.63, 3.8) is 0 Å². The molecular formula is C17H18ClN3O3. The van der Waals surface area contributed by atoms with Crippen LogP contribution in [-0.2, 0) is 17.8 Å². The number of nitrogens with zero attached hydrogens (tertiary/aromatic N) is 2. The molecule has 0 aliphatic carbocycles. The van der Waals surface area contributed by atoms with Crippen molar-refractivity contribution in [3.05, 3.63) is 56.2 Å². The maximum absolute atomic E-state index is 12.7. The van der Waals surface area contributed by atoms with E-state index in [4.69, 9.17) is 16.3 Å². The summed E-state index contributed by atoms with van der Waals surface area (Å²) in [6, 6.07) is 5.37. The van der Waals surface area contributed by atoms with Gasteiger partial charge in [0.25, 0.3) is 5.56 Å². The number of aromatic amines is 1. The summed E-state index contributed by atoms with van der Waals surface area (Å²) in [5, 5.41) is 0.599. The summed E-state index contributed by atoms with van der Waals surface area (Å²) in [4.78, 5) is 33.3. The van der Waals surface area contributed by atoms with Crippen LogP contribution in [0.1, 0.15) is 22.6 Å². The zero-order valence-electron chi connectivity index (χ0n) is 13.6. The first-order chi connectivity index (χ1) is 11.4. The van der Waals surface area contributed by atoms with E-state index in [0.29, 0.717) is 41.8 Å². The van der Waals surface area contributed by atoms with Crippen molar-refractivity contribution in [1.29, 1.82) is 0 Å². The van der Waals surface area contributed by atoms with Gasteiger partial charge >= 0.3 is 0 Å². The van der Waals surface area contributed by atoms with Crippen molar-refractivity contribution in [2.24, 2.45) is 0 Å². The summed E-state index contributed by atoms with van der Waals surface area (Å²) in [5.41, 5.74) is 1.59. The number of ether oxygens (including phenoxy) is 1. The molecule has 0 saturated heterocycles. The van der Waals surface area contributed by atoms with Crippen LogP contribution in [0.15, 0.2) is 23.0 Å². The fourth-order valence-electron chi connectivity index (χ4n) is 2.80. The van der Waals surface area contributed by atoms with Crippen LogP contribution in [0.3, 0.4) is 0 Å². The predicted octanol–water partition coefficient (Wildman–Crippen LogP) is 2.00. The third-order valence-corrected chi connectivity index (χ3v) is 4.26. The number of aryl methyl sites for hydroxylation is 2. The second-order valence-electron chi connectivity index (χ2n) is 5.81. The second kappa shape index (κ2) is 6.65. The van der Waals surface area contributed by atoms with E-state index in [9.17, 15) is 9.59 Å². The average Bonchev–Trinajstić information content (AvgIpc) is 2.72. The van der Waals surface area contributed by atoms with Gasteiger partial charge in [0.05, 0.1) is 13.0 Å². The molecule has 0 fully saturated rings. The van der Waals surface area contributed by atoms with E-state index in [1.165, 1.54) is 0 Å². The Kier molecular flexibility index (Phi) is 4.57. The minimum atomic E-state index is -0.261. The van der Waals surface area contributed by atoms with Crippen LogP contribution in [0.5, 0.6) is 5.75 Å². The van der Waals surface area contributed by atoms with Crippen LogP contribution in [0.25, 0.3) is 0 Å². The molecule has 6 nitrogen and oxygen atoms in total. The number of nitrogens with one attached hydrogen (secondary N) is 1. The predicted molar refractivity (Wildman–Crippen MR) is 90.4 cm³/mol. The Morgan fingerprint density at radius 2 is 2.21 bits per heavy atom. The Hall–Kier alpha value is -2.34. The molecule has 1 aliphatic rings. The molecule has 2 aromatic rings. The van der Waals surface area contributed by atoms with Gasteiger partial charge in [-0.1, -0.05) is 11.6 Å². The highest BCUT2D eigenvalue weighted by atomic mass is 35.5. The fraction of sp³-hybridized carbons (Fsp3) is 0.353. The van der Waals surface area contributed by atoms with Crippen LogP contribution in [0.2, 0.25) is 5.02 Å². The summed E-state index contributed by atoms with van der Waals surface area (Å²) >= 11 is 6.03. The molecule has 7 heteroatoms. The summed E-state index contributed by atoms with van der Waals surface area (Å²) in [6.45, 7) is 4.73. The van der Waals surface area contributed by atoms with Gasteiger partial charge < -0.3 is 14.6 Å². The maximum Gasteiger partial charge on any atom is 0.254 e. The van der Waals surface area contributed by atoms with E-state index in [2.05, 4.69) is 9.97 Å². The molecule has 1 N–H and O–H groups in total. The number of hydrogen-bond acceptors (Lipinski definition) is 4. The normalized spacial score (nSPS) is 13.9. The van der Waals surface area contributed by atoms with Crippen molar-refractivity contribution >= 4 is 17.5 Å². The third-order valence-electron chi connectivity index (χ3n) is 4.02. The van der Waals surface area contributed by atoms with Crippen molar-refractivity contribution < 1.29 is 9.53 Å². The zero-order valence-corrected chi connectivity index (χ0v) is 14.3. The first kappa shape index (κ1) is 16.5. The van der Waals surface area contributed by atoms with Crippen LogP contribution < -0.4 is 10.3 Å². The lowest BCUT2D eigenvalue weighted by Crippen LogP contribution is -2.35. The van der Waals surface area contributed by atoms with E-state index in [0.717, 1.165) is 11.3 Å². The molecule has 0 radical (unpaired) electrons. The van der Waals surface area contributed by atoms with Gasteiger partial charge in [-0.2, -0.15) is 0 Å². The molecule has 1 amide bonds. The van der Waals surface area contributed by atoms with Crippen molar-refractivity contribution in [3.8, 4) is 5.75 Å². The summed E-state index contributed by atoms with van der Waals surface area (Å²) in [7, 11) is 0. The van der Waals surface area contributed by atoms with E-state index < -0.39 is 0 Å². The molecule has 0 spiro atoms. The minimum absolute atomic E-state index is 0.0182. The van der Waals surface area contributed by atoms with Gasteiger partial charge in [0, 0.05) is 28.4 Å².